The van der Waals surface area contributed by atoms with Gasteiger partial charge in [0.05, 0.1) is 5.69 Å². The number of nitrogens with one attached hydrogen (secondary N) is 1. The Bertz CT molecular complexity index is 561. The van der Waals surface area contributed by atoms with Crippen molar-refractivity contribution in [2.75, 3.05) is 0 Å². The number of aliphatic hydroxyl groups is 1. The average Bonchev–Trinajstić information content (AvgIpc) is 2.56. The van der Waals surface area contributed by atoms with Gasteiger partial charge in [-0.3, -0.25) is 0 Å². The highest BCUT2D eigenvalue weighted by Crippen LogP contribution is 2.31. The van der Waals surface area contributed by atoms with Crippen LogP contribution in [0.15, 0.2) is 18.2 Å². The van der Waals surface area contributed by atoms with Gasteiger partial charge in [-0.1, -0.05) is 18.2 Å². The van der Waals surface area contributed by atoms with Crippen LogP contribution in [-0.4, -0.2) is 10.1 Å². The first-order valence-electron chi connectivity index (χ1n) is 6.33. The number of hydrogen-bond acceptors (Lipinski definition) is 1. The lowest BCUT2D eigenvalue weighted by Crippen LogP contribution is -2.06. The van der Waals surface area contributed by atoms with E-state index in [0.29, 0.717) is 0 Å². The zero-order valence-electron chi connectivity index (χ0n) is 11.8. The standard InChI is InChI=1S/C16H21NO/c1-9-7-6-8-10(2)14(9)16(18)15-12(4)11(3)13(5)17-15/h6-8,16-18H,1-5H3. The highest BCUT2D eigenvalue weighted by Gasteiger charge is 2.20. The third kappa shape index (κ3) is 1.97. The summed E-state index contributed by atoms with van der Waals surface area (Å²) in [6.45, 7) is 10.3. The molecule has 2 heteroatoms. The second-order valence-corrected chi connectivity index (χ2v) is 5.12. The first kappa shape index (κ1) is 12.9. The molecule has 18 heavy (non-hydrogen) atoms. The van der Waals surface area contributed by atoms with Crippen molar-refractivity contribution in [1.82, 2.24) is 4.98 Å². The fourth-order valence-corrected chi connectivity index (χ4v) is 2.55. The lowest BCUT2D eigenvalue weighted by molar-refractivity contribution is 0.213. The molecular formula is C16H21NO. The lowest BCUT2D eigenvalue weighted by atomic mass is 9.94. The summed E-state index contributed by atoms with van der Waals surface area (Å²) in [5, 5.41) is 10.6. The van der Waals surface area contributed by atoms with Gasteiger partial charge < -0.3 is 10.1 Å². The summed E-state index contributed by atoms with van der Waals surface area (Å²) >= 11 is 0. The van der Waals surface area contributed by atoms with Crippen LogP contribution in [0.25, 0.3) is 0 Å². The zero-order chi connectivity index (χ0) is 13.4. The van der Waals surface area contributed by atoms with Gasteiger partial charge in [-0.25, -0.2) is 0 Å². The normalized spacial score (nSPS) is 12.8. The third-order valence-electron chi connectivity index (χ3n) is 3.94. The molecule has 0 spiro atoms. The number of rotatable bonds is 2. The summed E-state index contributed by atoms with van der Waals surface area (Å²) in [7, 11) is 0. The van der Waals surface area contributed by atoms with Crippen molar-refractivity contribution in [2.45, 2.75) is 40.7 Å². The van der Waals surface area contributed by atoms with Crippen LogP contribution in [0, 0.1) is 34.6 Å². The van der Waals surface area contributed by atoms with Crippen molar-refractivity contribution in [3.05, 3.63) is 57.4 Å². The monoisotopic (exact) mass is 243 g/mol. The van der Waals surface area contributed by atoms with Gasteiger partial charge in [0.15, 0.2) is 0 Å². The molecule has 2 N–H and O–H groups in total. The van der Waals surface area contributed by atoms with Crippen LogP contribution in [0.3, 0.4) is 0 Å². The van der Waals surface area contributed by atoms with Gasteiger partial charge in [-0.05, 0) is 62.4 Å². The van der Waals surface area contributed by atoms with E-state index in [0.717, 1.165) is 33.6 Å². The van der Waals surface area contributed by atoms with Crippen molar-refractivity contribution in [3.63, 3.8) is 0 Å². The number of H-pyrrole nitrogens is 1. The fourth-order valence-electron chi connectivity index (χ4n) is 2.55. The van der Waals surface area contributed by atoms with Gasteiger partial charge in [0, 0.05) is 5.69 Å². The maximum atomic E-state index is 10.6. The molecule has 1 unspecified atom stereocenters. The van der Waals surface area contributed by atoms with E-state index >= 15 is 0 Å². The molecule has 0 saturated carbocycles. The van der Waals surface area contributed by atoms with E-state index in [1.54, 1.807) is 0 Å². The Morgan fingerprint density at radius 3 is 1.94 bits per heavy atom. The molecule has 2 nitrogen and oxygen atoms in total. The Morgan fingerprint density at radius 2 is 1.50 bits per heavy atom. The molecule has 1 aromatic carbocycles. The maximum Gasteiger partial charge on any atom is 0.120 e. The molecule has 1 atom stereocenters. The van der Waals surface area contributed by atoms with Crippen molar-refractivity contribution in [3.8, 4) is 0 Å². The largest absolute Gasteiger partial charge is 0.382 e. The van der Waals surface area contributed by atoms with Crippen LogP contribution in [0.4, 0.5) is 0 Å². The SMILES string of the molecule is Cc1cccc(C)c1C(O)c1[nH]c(C)c(C)c1C. The quantitative estimate of drug-likeness (QED) is 0.830. The van der Waals surface area contributed by atoms with Crippen LogP contribution in [-0.2, 0) is 0 Å². The van der Waals surface area contributed by atoms with E-state index in [1.165, 1.54) is 5.56 Å². The smallest absolute Gasteiger partial charge is 0.120 e. The van der Waals surface area contributed by atoms with Crippen molar-refractivity contribution >= 4 is 0 Å². The van der Waals surface area contributed by atoms with E-state index in [1.807, 2.05) is 39.0 Å². The number of aromatic nitrogens is 1. The van der Waals surface area contributed by atoms with Crippen LogP contribution in [0.2, 0.25) is 0 Å². The molecule has 96 valence electrons. The van der Waals surface area contributed by atoms with E-state index in [4.69, 9.17) is 0 Å². The average molecular weight is 243 g/mol. The fraction of sp³-hybridized carbons (Fsp3) is 0.375. The topological polar surface area (TPSA) is 36.0 Å². The van der Waals surface area contributed by atoms with Gasteiger partial charge in [0.2, 0.25) is 0 Å². The molecule has 0 aliphatic rings. The molecule has 0 saturated heterocycles. The van der Waals surface area contributed by atoms with Gasteiger partial charge in [-0.15, -0.1) is 0 Å². The molecule has 2 rings (SSSR count). The maximum absolute atomic E-state index is 10.6. The number of benzene rings is 1. The van der Waals surface area contributed by atoms with E-state index < -0.39 is 6.10 Å². The summed E-state index contributed by atoms with van der Waals surface area (Å²) in [5.74, 6) is 0. The molecule has 1 heterocycles. The Hall–Kier alpha value is -1.54. The number of aromatic amines is 1. The first-order chi connectivity index (χ1) is 8.43. The predicted molar refractivity (Wildman–Crippen MR) is 75.0 cm³/mol. The predicted octanol–water partition coefficient (Wildman–Crippen LogP) is 3.64. The third-order valence-corrected chi connectivity index (χ3v) is 3.94. The highest BCUT2D eigenvalue weighted by atomic mass is 16.3. The minimum Gasteiger partial charge on any atom is -0.382 e. The first-order valence-corrected chi connectivity index (χ1v) is 6.33. The molecule has 2 aromatic rings. The number of aliphatic hydroxyl groups excluding tert-OH is 1. The molecule has 0 fully saturated rings. The van der Waals surface area contributed by atoms with Crippen LogP contribution >= 0.6 is 0 Å². The van der Waals surface area contributed by atoms with Crippen molar-refractivity contribution < 1.29 is 5.11 Å². The molecule has 0 radical (unpaired) electrons. The van der Waals surface area contributed by atoms with Gasteiger partial charge >= 0.3 is 0 Å². The second kappa shape index (κ2) is 4.62. The summed E-state index contributed by atoms with van der Waals surface area (Å²) < 4.78 is 0. The van der Waals surface area contributed by atoms with Crippen molar-refractivity contribution in [2.24, 2.45) is 0 Å². The lowest BCUT2D eigenvalue weighted by Gasteiger charge is -2.16. The Morgan fingerprint density at radius 1 is 0.944 bits per heavy atom. The minimum atomic E-state index is -0.571. The van der Waals surface area contributed by atoms with Crippen LogP contribution in [0.1, 0.15) is 45.3 Å². The van der Waals surface area contributed by atoms with Gasteiger partial charge in [0.1, 0.15) is 6.10 Å². The van der Waals surface area contributed by atoms with Gasteiger partial charge in [0.25, 0.3) is 0 Å². The molecule has 0 aliphatic heterocycles. The summed E-state index contributed by atoms with van der Waals surface area (Å²) in [6.07, 6.45) is -0.571. The zero-order valence-corrected chi connectivity index (χ0v) is 11.8. The van der Waals surface area contributed by atoms with Crippen LogP contribution < -0.4 is 0 Å². The molecule has 1 aromatic heterocycles. The van der Waals surface area contributed by atoms with Crippen LogP contribution in [0.5, 0.6) is 0 Å². The van der Waals surface area contributed by atoms with E-state index in [-0.39, 0.29) is 0 Å². The number of hydrogen-bond donors (Lipinski definition) is 2. The minimum absolute atomic E-state index is 0.571. The molecule has 0 bridgehead atoms. The molecule has 0 amide bonds. The van der Waals surface area contributed by atoms with E-state index in [2.05, 4.69) is 18.8 Å². The molecular weight excluding hydrogens is 222 g/mol. The summed E-state index contributed by atoms with van der Waals surface area (Å²) in [6, 6.07) is 6.12. The molecule has 0 aliphatic carbocycles. The summed E-state index contributed by atoms with van der Waals surface area (Å²) in [4.78, 5) is 3.32. The number of aryl methyl sites for hydroxylation is 3. The van der Waals surface area contributed by atoms with E-state index in [9.17, 15) is 5.11 Å². The highest BCUT2D eigenvalue weighted by molar-refractivity contribution is 5.44. The Balaban J connectivity index is 2.55. The summed E-state index contributed by atoms with van der Waals surface area (Å²) in [5.41, 5.74) is 7.72. The van der Waals surface area contributed by atoms with Gasteiger partial charge in [-0.2, -0.15) is 0 Å². The van der Waals surface area contributed by atoms with Crippen molar-refractivity contribution in [1.29, 1.82) is 0 Å². The Labute approximate surface area is 109 Å². The second-order valence-electron chi connectivity index (χ2n) is 5.12. The Kier molecular flexibility index (Phi) is 3.31.